The van der Waals surface area contributed by atoms with E-state index in [2.05, 4.69) is 10.4 Å². The maximum atomic E-state index is 13.0. The molecule has 1 N–H and O–H groups in total. The maximum absolute atomic E-state index is 13.0. The molecular weight excluding hydrogens is 384 g/mol. The van der Waals surface area contributed by atoms with Crippen molar-refractivity contribution in [2.45, 2.75) is 46.6 Å². The van der Waals surface area contributed by atoms with Crippen LogP contribution in [-0.2, 0) is 9.53 Å². The van der Waals surface area contributed by atoms with Gasteiger partial charge in [-0.1, -0.05) is 0 Å². The Morgan fingerprint density at radius 2 is 2.07 bits per heavy atom. The Bertz CT molecular complexity index is 1110. The topological polar surface area (TPSA) is 99.2 Å². The summed E-state index contributed by atoms with van der Waals surface area (Å²) in [7, 11) is 0. The number of ether oxygens (including phenoxy) is 1. The molecule has 158 valence electrons. The molecule has 0 unspecified atom stereocenters. The highest BCUT2D eigenvalue weighted by Crippen LogP contribution is 2.30. The molecule has 0 saturated heterocycles. The van der Waals surface area contributed by atoms with Crippen LogP contribution in [0.2, 0.25) is 0 Å². The van der Waals surface area contributed by atoms with Crippen LogP contribution in [0.5, 0.6) is 0 Å². The number of carbonyl (C=O) groups is 2. The zero-order valence-electron chi connectivity index (χ0n) is 17.7. The van der Waals surface area contributed by atoms with Crippen molar-refractivity contribution in [1.29, 1.82) is 0 Å². The molecule has 0 bridgehead atoms. The van der Waals surface area contributed by atoms with Gasteiger partial charge in [0.2, 0.25) is 0 Å². The highest BCUT2D eigenvalue weighted by Gasteiger charge is 2.24. The summed E-state index contributed by atoms with van der Waals surface area (Å²) in [6.45, 7) is 8.00. The second-order valence-electron chi connectivity index (χ2n) is 8.11. The molecule has 1 aliphatic rings. The summed E-state index contributed by atoms with van der Waals surface area (Å²) in [4.78, 5) is 29.6. The van der Waals surface area contributed by atoms with E-state index >= 15 is 0 Å². The minimum Gasteiger partial charge on any atom is -0.466 e. The first kappa shape index (κ1) is 20.1. The number of esters is 1. The van der Waals surface area contributed by atoms with E-state index in [4.69, 9.17) is 14.1 Å². The number of carbonyl (C=O) groups excluding carboxylic acids is 2. The average Bonchev–Trinajstić information content (AvgIpc) is 3.33. The zero-order valence-corrected chi connectivity index (χ0v) is 17.7. The average molecular weight is 410 g/mol. The molecule has 1 fully saturated rings. The molecule has 4 rings (SSSR count). The number of hydrogen-bond acceptors (Lipinski definition) is 6. The molecule has 0 aliphatic heterocycles. The fourth-order valence-electron chi connectivity index (χ4n) is 3.40. The van der Waals surface area contributed by atoms with Gasteiger partial charge in [0.1, 0.15) is 18.1 Å². The first-order chi connectivity index (χ1) is 14.3. The van der Waals surface area contributed by atoms with Crippen molar-refractivity contribution >= 4 is 22.9 Å². The van der Waals surface area contributed by atoms with E-state index in [0.29, 0.717) is 34.8 Å². The monoisotopic (exact) mass is 410 g/mol. The molecule has 30 heavy (non-hydrogen) atoms. The molecular formula is C22H26N4O4. The van der Waals surface area contributed by atoms with E-state index < -0.39 is 5.97 Å². The Hall–Kier alpha value is -3.16. The molecule has 3 aromatic heterocycles. The minimum atomic E-state index is -0.431. The Kier molecular flexibility index (Phi) is 5.32. The SMILES string of the molecule is Cc1cc(-c2cc(C(=O)NCC(=O)OCC3CC3)c3cnn(C(C)C)c3n2)c(C)o1. The second-order valence-corrected chi connectivity index (χ2v) is 8.11. The molecule has 8 nitrogen and oxygen atoms in total. The van der Waals surface area contributed by atoms with Crippen LogP contribution in [0.3, 0.4) is 0 Å². The fraction of sp³-hybridized carbons (Fsp3) is 0.455. The van der Waals surface area contributed by atoms with Crippen molar-refractivity contribution in [2.24, 2.45) is 5.92 Å². The molecule has 3 aromatic rings. The van der Waals surface area contributed by atoms with Gasteiger partial charge in [-0.2, -0.15) is 5.10 Å². The van der Waals surface area contributed by atoms with E-state index in [9.17, 15) is 9.59 Å². The smallest absolute Gasteiger partial charge is 0.325 e. The first-order valence-corrected chi connectivity index (χ1v) is 10.2. The summed E-state index contributed by atoms with van der Waals surface area (Å²) in [6.07, 6.45) is 3.84. The summed E-state index contributed by atoms with van der Waals surface area (Å²) in [5.74, 6) is 1.18. The number of aryl methyl sites for hydroxylation is 2. The molecule has 3 heterocycles. The summed E-state index contributed by atoms with van der Waals surface area (Å²) in [5, 5.41) is 7.71. The van der Waals surface area contributed by atoms with Crippen molar-refractivity contribution in [3.8, 4) is 11.3 Å². The number of nitrogens with one attached hydrogen (secondary N) is 1. The van der Waals surface area contributed by atoms with Crippen molar-refractivity contribution in [3.63, 3.8) is 0 Å². The van der Waals surface area contributed by atoms with Gasteiger partial charge in [-0.05, 0) is 58.6 Å². The van der Waals surface area contributed by atoms with Gasteiger partial charge in [0.15, 0.2) is 5.65 Å². The normalized spacial score (nSPS) is 13.8. The Labute approximate surface area is 174 Å². The summed E-state index contributed by atoms with van der Waals surface area (Å²) in [6, 6.07) is 3.69. The van der Waals surface area contributed by atoms with Gasteiger partial charge in [-0.25, -0.2) is 9.67 Å². The lowest BCUT2D eigenvalue weighted by Crippen LogP contribution is -2.31. The quantitative estimate of drug-likeness (QED) is 0.598. The lowest BCUT2D eigenvalue weighted by atomic mass is 10.1. The van der Waals surface area contributed by atoms with Crippen molar-refractivity contribution in [3.05, 3.63) is 35.4 Å². The van der Waals surface area contributed by atoms with Crippen molar-refractivity contribution in [2.75, 3.05) is 13.2 Å². The maximum Gasteiger partial charge on any atom is 0.325 e. The van der Waals surface area contributed by atoms with Crippen LogP contribution >= 0.6 is 0 Å². The number of rotatable bonds is 7. The number of nitrogens with zero attached hydrogens (tertiary/aromatic N) is 3. The summed E-state index contributed by atoms with van der Waals surface area (Å²) in [5.41, 5.74) is 2.47. The van der Waals surface area contributed by atoms with Gasteiger partial charge in [0, 0.05) is 11.6 Å². The molecule has 0 aromatic carbocycles. The van der Waals surface area contributed by atoms with Crippen LogP contribution in [0.15, 0.2) is 22.7 Å². The lowest BCUT2D eigenvalue weighted by molar-refractivity contribution is -0.142. The van der Waals surface area contributed by atoms with Gasteiger partial charge in [-0.3, -0.25) is 9.59 Å². The van der Waals surface area contributed by atoms with Gasteiger partial charge in [0.05, 0.1) is 29.4 Å². The lowest BCUT2D eigenvalue weighted by Gasteiger charge is -2.11. The van der Waals surface area contributed by atoms with E-state index in [-0.39, 0.29) is 18.5 Å². The molecule has 1 aliphatic carbocycles. The second kappa shape index (κ2) is 7.93. The standard InChI is InChI=1S/C22H26N4O4/c1-12(2)26-21-18(9-24-26)17(8-19(25-21)16-7-13(3)30-14(16)4)22(28)23-10-20(27)29-11-15-5-6-15/h7-9,12,15H,5-6,10-11H2,1-4H3,(H,23,28). The molecule has 0 radical (unpaired) electrons. The highest BCUT2D eigenvalue weighted by atomic mass is 16.5. The van der Waals surface area contributed by atoms with Crippen LogP contribution in [0.25, 0.3) is 22.3 Å². The van der Waals surface area contributed by atoms with Crippen LogP contribution in [0, 0.1) is 19.8 Å². The Morgan fingerprint density at radius 1 is 1.30 bits per heavy atom. The van der Waals surface area contributed by atoms with Crippen LogP contribution < -0.4 is 5.32 Å². The van der Waals surface area contributed by atoms with E-state index in [1.54, 1.807) is 16.9 Å². The Morgan fingerprint density at radius 3 is 2.70 bits per heavy atom. The van der Waals surface area contributed by atoms with Crippen LogP contribution in [-0.4, -0.2) is 39.8 Å². The van der Waals surface area contributed by atoms with Crippen molar-refractivity contribution < 1.29 is 18.7 Å². The van der Waals surface area contributed by atoms with E-state index in [0.717, 1.165) is 29.9 Å². The van der Waals surface area contributed by atoms with Crippen LogP contribution in [0.1, 0.15) is 54.6 Å². The largest absolute Gasteiger partial charge is 0.466 e. The zero-order chi connectivity index (χ0) is 21.4. The summed E-state index contributed by atoms with van der Waals surface area (Å²) >= 11 is 0. The summed E-state index contributed by atoms with van der Waals surface area (Å²) < 4.78 is 12.6. The molecule has 1 amide bonds. The Balaban J connectivity index is 1.65. The highest BCUT2D eigenvalue weighted by molar-refractivity contribution is 6.07. The van der Waals surface area contributed by atoms with Gasteiger partial charge in [-0.15, -0.1) is 0 Å². The molecule has 0 spiro atoms. The van der Waals surface area contributed by atoms with E-state index in [1.165, 1.54) is 0 Å². The molecule has 1 saturated carbocycles. The van der Waals surface area contributed by atoms with Crippen molar-refractivity contribution in [1.82, 2.24) is 20.1 Å². The number of furan rings is 1. The third kappa shape index (κ3) is 4.08. The third-order valence-electron chi connectivity index (χ3n) is 5.19. The fourth-order valence-corrected chi connectivity index (χ4v) is 3.40. The van der Waals surface area contributed by atoms with Crippen LogP contribution in [0.4, 0.5) is 0 Å². The first-order valence-electron chi connectivity index (χ1n) is 10.2. The number of aromatic nitrogens is 3. The van der Waals surface area contributed by atoms with Gasteiger partial charge >= 0.3 is 5.97 Å². The molecule has 0 atom stereocenters. The molecule has 8 heteroatoms. The van der Waals surface area contributed by atoms with E-state index in [1.807, 2.05) is 33.8 Å². The predicted octanol–water partition coefficient (Wildman–Crippen LogP) is 3.57. The number of hydrogen-bond donors (Lipinski definition) is 1. The van der Waals surface area contributed by atoms with Gasteiger partial charge in [0.25, 0.3) is 5.91 Å². The number of fused-ring (bicyclic) bond motifs is 1. The predicted molar refractivity (Wildman–Crippen MR) is 111 cm³/mol. The van der Waals surface area contributed by atoms with Gasteiger partial charge < -0.3 is 14.5 Å². The number of pyridine rings is 1. The minimum absolute atomic E-state index is 0.0748. The third-order valence-corrected chi connectivity index (χ3v) is 5.19. The number of amides is 1.